The molecule has 22 heavy (non-hydrogen) atoms. The molecule has 1 fully saturated rings. The Morgan fingerprint density at radius 2 is 2.00 bits per heavy atom. The molecule has 2 aromatic heterocycles. The van der Waals surface area contributed by atoms with Crippen LogP contribution >= 0.6 is 0 Å². The summed E-state index contributed by atoms with van der Waals surface area (Å²) in [6.07, 6.45) is 5.34. The number of nitrogens with one attached hydrogen (secondary N) is 1. The molecule has 0 bridgehead atoms. The van der Waals surface area contributed by atoms with Crippen LogP contribution in [-0.4, -0.2) is 21.7 Å². The van der Waals surface area contributed by atoms with Crippen LogP contribution in [0.3, 0.4) is 0 Å². The van der Waals surface area contributed by atoms with E-state index in [-0.39, 0.29) is 0 Å². The van der Waals surface area contributed by atoms with Crippen molar-refractivity contribution in [3.63, 3.8) is 0 Å². The van der Waals surface area contributed by atoms with E-state index in [2.05, 4.69) is 15.3 Å². The molecular formula is C17H21N3O2. The molecule has 0 radical (unpaired) electrons. The van der Waals surface area contributed by atoms with E-state index >= 15 is 0 Å². The van der Waals surface area contributed by atoms with Crippen LogP contribution in [-0.2, 0) is 4.74 Å². The Balaban J connectivity index is 1.97. The largest absolute Gasteiger partial charge is 0.444 e. The van der Waals surface area contributed by atoms with Gasteiger partial charge in [-0.3, -0.25) is 15.3 Å². The standard InChI is InChI=1S/C17H21N3O2/c1-10-7-12-15(19-8-10)14(11-5-6-11)13(9-18-12)20-16(21)22-17(2,3)4/h7-9,11H,5-6H2,1-4H3,(H,20,21). The van der Waals surface area contributed by atoms with Crippen molar-refractivity contribution < 1.29 is 9.53 Å². The third-order valence-electron chi connectivity index (χ3n) is 3.50. The molecule has 1 amide bonds. The lowest BCUT2D eigenvalue weighted by atomic mass is 10.1. The number of amides is 1. The summed E-state index contributed by atoms with van der Waals surface area (Å²) in [6.45, 7) is 7.53. The molecule has 116 valence electrons. The smallest absolute Gasteiger partial charge is 0.412 e. The van der Waals surface area contributed by atoms with Gasteiger partial charge in [0.1, 0.15) is 5.60 Å². The highest BCUT2D eigenvalue weighted by molar-refractivity contribution is 5.91. The molecule has 0 aromatic carbocycles. The summed E-state index contributed by atoms with van der Waals surface area (Å²) in [4.78, 5) is 21.0. The van der Waals surface area contributed by atoms with Gasteiger partial charge >= 0.3 is 6.09 Å². The van der Waals surface area contributed by atoms with Crippen LogP contribution in [0.25, 0.3) is 11.0 Å². The highest BCUT2D eigenvalue weighted by atomic mass is 16.6. The van der Waals surface area contributed by atoms with Gasteiger partial charge in [-0.1, -0.05) is 0 Å². The number of aromatic nitrogens is 2. The minimum Gasteiger partial charge on any atom is -0.444 e. The van der Waals surface area contributed by atoms with Gasteiger partial charge in [0, 0.05) is 11.8 Å². The molecule has 1 saturated carbocycles. The Morgan fingerprint density at radius 1 is 1.27 bits per heavy atom. The normalized spacial score (nSPS) is 14.9. The zero-order valence-electron chi connectivity index (χ0n) is 13.4. The maximum Gasteiger partial charge on any atom is 0.412 e. The van der Waals surface area contributed by atoms with Crippen LogP contribution in [0.4, 0.5) is 10.5 Å². The Hall–Kier alpha value is -2.17. The fourth-order valence-electron chi connectivity index (χ4n) is 2.49. The lowest BCUT2D eigenvalue weighted by Gasteiger charge is -2.20. The number of hydrogen-bond acceptors (Lipinski definition) is 4. The molecule has 2 heterocycles. The fourth-order valence-corrected chi connectivity index (χ4v) is 2.49. The Morgan fingerprint density at radius 3 is 2.64 bits per heavy atom. The summed E-state index contributed by atoms with van der Waals surface area (Å²) in [5.74, 6) is 0.450. The van der Waals surface area contributed by atoms with E-state index in [9.17, 15) is 4.79 Å². The van der Waals surface area contributed by atoms with Crippen molar-refractivity contribution >= 4 is 22.8 Å². The highest BCUT2D eigenvalue weighted by Crippen LogP contribution is 2.45. The molecule has 2 aromatic rings. The van der Waals surface area contributed by atoms with Crippen molar-refractivity contribution in [2.45, 2.75) is 52.1 Å². The van der Waals surface area contributed by atoms with Crippen molar-refractivity contribution in [3.8, 4) is 0 Å². The van der Waals surface area contributed by atoms with E-state index in [1.165, 1.54) is 0 Å². The summed E-state index contributed by atoms with van der Waals surface area (Å²) in [6, 6.07) is 2.02. The Bertz CT molecular complexity index is 730. The first kappa shape index (κ1) is 14.8. The zero-order valence-corrected chi connectivity index (χ0v) is 13.4. The Labute approximate surface area is 130 Å². The van der Waals surface area contributed by atoms with E-state index < -0.39 is 11.7 Å². The van der Waals surface area contributed by atoms with Crippen LogP contribution < -0.4 is 5.32 Å². The van der Waals surface area contributed by atoms with Gasteiger partial charge in [-0.05, 0) is 58.1 Å². The van der Waals surface area contributed by atoms with Crippen molar-refractivity contribution in [2.24, 2.45) is 0 Å². The second-order valence-electron chi connectivity index (χ2n) is 6.87. The number of carbonyl (C=O) groups excluding carboxylic acids is 1. The van der Waals surface area contributed by atoms with Crippen LogP contribution in [0.15, 0.2) is 18.5 Å². The van der Waals surface area contributed by atoms with E-state index in [0.29, 0.717) is 11.6 Å². The molecule has 1 N–H and O–H groups in total. The van der Waals surface area contributed by atoms with Crippen LogP contribution in [0, 0.1) is 6.92 Å². The second kappa shape index (κ2) is 5.23. The van der Waals surface area contributed by atoms with E-state index in [4.69, 9.17) is 4.74 Å². The number of anilines is 1. The first-order chi connectivity index (χ1) is 10.3. The van der Waals surface area contributed by atoms with Gasteiger partial charge in [0.25, 0.3) is 0 Å². The van der Waals surface area contributed by atoms with Crippen molar-refractivity contribution in [2.75, 3.05) is 5.32 Å². The number of ether oxygens (including phenoxy) is 1. The minimum atomic E-state index is -0.524. The maximum absolute atomic E-state index is 12.0. The van der Waals surface area contributed by atoms with Gasteiger partial charge in [0.15, 0.2) is 0 Å². The number of aryl methyl sites for hydroxylation is 1. The van der Waals surface area contributed by atoms with E-state index in [1.807, 2.05) is 40.0 Å². The van der Waals surface area contributed by atoms with E-state index in [0.717, 1.165) is 35.0 Å². The number of pyridine rings is 2. The molecule has 0 unspecified atom stereocenters. The summed E-state index contributed by atoms with van der Waals surface area (Å²) in [7, 11) is 0. The summed E-state index contributed by atoms with van der Waals surface area (Å²) in [5, 5.41) is 2.83. The second-order valence-corrected chi connectivity index (χ2v) is 6.87. The van der Waals surface area contributed by atoms with Crippen molar-refractivity contribution in [3.05, 3.63) is 29.6 Å². The predicted octanol–water partition coefficient (Wildman–Crippen LogP) is 4.16. The van der Waals surface area contributed by atoms with Gasteiger partial charge in [-0.15, -0.1) is 0 Å². The molecule has 5 nitrogen and oxygen atoms in total. The molecule has 3 rings (SSSR count). The van der Waals surface area contributed by atoms with Gasteiger partial charge in [0.05, 0.1) is 22.9 Å². The van der Waals surface area contributed by atoms with Gasteiger partial charge in [-0.25, -0.2) is 4.79 Å². The molecule has 0 atom stereocenters. The highest BCUT2D eigenvalue weighted by Gasteiger charge is 2.30. The van der Waals surface area contributed by atoms with Crippen molar-refractivity contribution in [1.29, 1.82) is 0 Å². The van der Waals surface area contributed by atoms with Crippen LogP contribution in [0.1, 0.15) is 50.7 Å². The van der Waals surface area contributed by atoms with E-state index in [1.54, 1.807) is 6.20 Å². The molecule has 0 spiro atoms. The maximum atomic E-state index is 12.0. The third-order valence-corrected chi connectivity index (χ3v) is 3.50. The summed E-state index contributed by atoms with van der Waals surface area (Å²) >= 11 is 0. The monoisotopic (exact) mass is 299 g/mol. The minimum absolute atomic E-state index is 0.450. The quantitative estimate of drug-likeness (QED) is 0.904. The number of rotatable bonds is 2. The van der Waals surface area contributed by atoms with Gasteiger partial charge in [0.2, 0.25) is 0 Å². The summed E-state index contributed by atoms with van der Waals surface area (Å²) in [5.41, 5.74) is 4.09. The SMILES string of the molecule is Cc1cnc2c(C3CC3)c(NC(=O)OC(C)(C)C)cnc2c1. The van der Waals surface area contributed by atoms with Gasteiger partial charge < -0.3 is 4.74 Å². The Kier molecular flexibility index (Phi) is 3.51. The molecule has 0 saturated heterocycles. The number of carbonyl (C=O) groups is 1. The number of fused-ring (bicyclic) bond motifs is 1. The van der Waals surface area contributed by atoms with Crippen molar-refractivity contribution in [1.82, 2.24) is 9.97 Å². The first-order valence-electron chi connectivity index (χ1n) is 7.59. The lowest BCUT2D eigenvalue weighted by molar-refractivity contribution is 0.0636. The molecular weight excluding hydrogens is 278 g/mol. The fraction of sp³-hybridized carbons (Fsp3) is 0.471. The lowest BCUT2D eigenvalue weighted by Crippen LogP contribution is -2.27. The zero-order chi connectivity index (χ0) is 15.9. The number of nitrogens with zero attached hydrogens (tertiary/aromatic N) is 2. The van der Waals surface area contributed by atoms with Gasteiger partial charge in [-0.2, -0.15) is 0 Å². The number of hydrogen-bond donors (Lipinski definition) is 1. The molecule has 1 aliphatic rings. The van der Waals surface area contributed by atoms with Crippen LogP contribution in [0.2, 0.25) is 0 Å². The summed E-state index contributed by atoms with van der Waals surface area (Å²) < 4.78 is 5.33. The van der Waals surface area contributed by atoms with Crippen LogP contribution in [0.5, 0.6) is 0 Å². The third kappa shape index (κ3) is 3.18. The first-order valence-corrected chi connectivity index (χ1v) is 7.59. The molecule has 0 aliphatic heterocycles. The predicted molar refractivity (Wildman–Crippen MR) is 86.1 cm³/mol. The average Bonchev–Trinajstić information content (AvgIpc) is 3.20. The average molecular weight is 299 g/mol. The molecule has 5 heteroatoms. The molecule has 1 aliphatic carbocycles. The topological polar surface area (TPSA) is 64.1 Å².